The van der Waals surface area contributed by atoms with Gasteiger partial charge in [0.15, 0.2) is 0 Å². The van der Waals surface area contributed by atoms with Crippen molar-refractivity contribution in [3.05, 3.63) is 86.6 Å². The van der Waals surface area contributed by atoms with E-state index in [4.69, 9.17) is 9.84 Å². The van der Waals surface area contributed by atoms with Gasteiger partial charge < -0.3 is 4.74 Å². The lowest BCUT2D eigenvalue weighted by Crippen LogP contribution is -2.34. The fourth-order valence-corrected chi connectivity index (χ4v) is 5.12. The lowest BCUT2D eigenvalue weighted by molar-refractivity contribution is -0.0198. The minimum atomic E-state index is -0.192. The van der Waals surface area contributed by atoms with Crippen molar-refractivity contribution >= 4 is 17.0 Å². The molecule has 5 rings (SSSR count). The number of para-hydroxylation sites is 1. The van der Waals surface area contributed by atoms with Crippen molar-refractivity contribution < 1.29 is 4.74 Å². The molecule has 1 aromatic heterocycles. The summed E-state index contributed by atoms with van der Waals surface area (Å²) in [7, 11) is 0. The predicted molar refractivity (Wildman–Crippen MR) is 111 cm³/mol. The number of aryl methyl sites for hydroxylation is 3. The number of benzene rings is 2. The highest BCUT2D eigenvalue weighted by Crippen LogP contribution is 2.48. The first-order chi connectivity index (χ1) is 13.1. The third-order valence-electron chi connectivity index (χ3n) is 5.49. The van der Waals surface area contributed by atoms with Crippen LogP contribution in [0.1, 0.15) is 51.4 Å². The second-order valence-electron chi connectivity index (χ2n) is 7.44. The van der Waals surface area contributed by atoms with Crippen LogP contribution in [0.4, 0.5) is 0 Å². The summed E-state index contributed by atoms with van der Waals surface area (Å²) < 4.78 is 6.52. The first-order valence-electron chi connectivity index (χ1n) is 9.35. The van der Waals surface area contributed by atoms with Gasteiger partial charge in [-0.15, -0.1) is 11.3 Å². The lowest BCUT2D eigenvalue weighted by atomic mass is 9.94. The summed E-state index contributed by atoms with van der Waals surface area (Å²) in [6, 6.07) is 17.3. The van der Waals surface area contributed by atoms with Gasteiger partial charge in [0.2, 0.25) is 6.23 Å². The topological polar surface area (TPSA) is 24.8 Å². The predicted octanol–water partition coefficient (Wildman–Crippen LogP) is 5.92. The molecule has 0 saturated heterocycles. The third-order valence-corrected chi connectivity index (χ3v) is 6.41. The van der Waals surface area contributed by atoms with Gasteiger partial charge in [0.05, 0.1) is 16.6 Å². The molecule has 0 N–H and O–H groups in total. The number of ether oxygens (including phenoxy) is 1. The Balaban J connectivity index is 1.66. The number of fused-ring (bicyclic) bond motifs is 3. The summed E-state index contributed by atoms with van der Waals surface area (Å²) in [5.74, 6) is 0.978. The molecule has 136 valence electrons. The van der Waals surface area contributed by atoms with E-state index in [1.54, 1.807) is 11.3 Å². The zero-order valence-corrected chi connectivity index (χ0v) is 16.6. The van der Waals surface area contributed by atoms with Gasteiger partial charge in [0.25, 0.3) is 0 Å². The molecule has 0 amide bonds. The lowest BCUT2D eigenvalue weighted by Gasteiger charge is -2.39. The number of hydrogen-bond donors (Lipinski definition) is 0. The van der Waals surface area contributed by atoms with Gasteiger partial charge in [-0.25, -0.2) is 5.01 Å². The van der Waals surface area contributed by atoms with Crippen LogP contribution in [-0.4, -0.2) is 10.7 Å². The van der Waals surface area contributed by atoms with E-state index in [0.29, 0.717) is 0 Å². The smallest absolute Gasteiger partial charge is 0.214 e. The van der Waals surface area contributed by atoms with Crippen molar-refractivity contribution in [3.63, 3.8) is 0 Å². The summed E-state index contributed by atoms with van der Waals surface area (Å²) in [5.41, 5.74) is 7.42. The van der Waals surface area contributed by atoms with Crippen LogP contribution in [0, 0.1) is 20.8 Å². The van der Waals surface area contributed by atoms with E-state index >= 15 is 0 Å². The van der Waals surface area contributed by atoms with Crippen LogP contribution < -0.4 is 4.74 Å². The molecule has 4 heteroatoms. The summed E-state index contributed by atoms with van der Waals surface area (Å²) in [6.45, 7) is 6.49. The molecule has 3 aromatic rings. The van der Waals surface area contributed by atoms with E-state index in [1.807, 2.05) is 0 Å². The van der Waals surface area contributed by atoms with Gasteiger partial charge in [-0.2, -0.15) is 5.10 Å². The van der Waals surface area contributed by atoms with E-state index in [-0.39, 0.29) is 12.3 Å². The number of hydrazone groups is 1. The molecule has 0 saturated carbocycles. The Morgan fingerprint density at radius 2 is 1.81 bits per heavy atom. The number of rotatable bonds is 2. The van der Waals surface area contributed by atoms with Crippen LogP contribution >= 0.6 is 11.3 Å². The molecule has 2 aliphatic heterocycles. The highest BCUT2D eigenvalue weighted by Gasteiger charge is 2.41. The maximum Gasteiger partial charge on any atom is 0.214 e. The fourth-order valence-electron chi connectivity index (χ4n) is 4.40. The van der Waals surface area contributed by atoms with Crippen LogP contribution in [-0.2, 0) is 0 Å². The van der Waals surface area contributed by atoms with Gasteiger partial charge in [-0.1, -0.05) is 42.0 Å². The normalized spacial score (nSPS) is 20.7. The molecule has 0 aliphatic carbocycles. The van der Waals surface area contributed by atoms with Crippen molar-refractivity contribution in [2.24, 2.45) is 5.10 Å². The van der Waals surface area contributed by atoms with Crippen LogP contribution in [0.15, 0.2) is 59.0 Å². The Morgan fingerprint density at radius 3 is 2.56 bits per heavy atom. The number of nitrogens with zero attached hydrogens (tertiary/aromatic N) is 2. The highest BCUT2D eigenvalue weighted by atomic mass is 32.1. The molecule has 0 spiro atoms. The zero-order chi connectivity index (χ0) is 18.5. The largest absolute Gasteiger partial charge is 0.464 e. The van der Waals surface area contributed by atoms with Gasteiger partial charge in [0.1, 0.15) is 5.75 Å². The second-order valence-corrected chi connectivity index (χ2v) is 8.39. The average molecular weight is 375 g/mol. The van der Waals surface area contributed by atoms with Gasteiger partial charge in [0, 0.05) is 17.5 Å². The third kappa shape index (κ3) is 2.67. The van der Waals surface area contributed by atoms with Crippen molar-refractivity contribution in [2.75, 3.05) is 0 Å². The second kappa shape index (κ2) is 6.24. The Labute approximate surface area is 163 Å². The van der Waals surface area contributed by atoms with Crippen molar-refractivity contribution in [2.45, 2.75) is 39.5 Å². The van der Waals surface area contributed by atoms with E-state index in [9.17, 15) is 0 Å². The van der Waals surface area contributed by atoms with Gasteiger partial charge in [-0.05, 0) is 49.4 Å². The van der Waals surface area contributed by atoms with Gasteiger partial charge >= 0.3 is 0 Å². The van der Waals surface area contributed by atoms with Crippen molar-refractivity contribution in [1.29, 1.82) is 0 Å². The maximum atomic E-state index is 6.52. The first kappa shape index (κ1) is 16.6. The Bertz CT molecular complexity index is 1020. The Hall–Kier alpha value is -2.59. The van der Waals surface area contributed by atoms with E-state index in [1.165, 1.54) is 32.7 Å². The summed E-state index contributed by atoms with van der Waals surface area (Å²) in [5, 5.41) is 9.35. The monoisotopic (exact) mass is 374 g/mol. The molecule has 2 aromatic carbocycles. The van der Waals surface area contributed by atoms with E-state index in [0.717, 1.165) is 17.9 Å². The molecule has 2 aliphatic rings. The van der Waals surface area contributed by atoms with Crippen LogP contribution in [0.5, 0.6) is 5.75 Å². The molecule has 27 heavy (non-hydrogen) atoms. The molecular weight excluding hydrogens is 352 g/mol. The average Bonchev–Trinajstić information content (AvgIpc) is 3.30. The quantitative estimate of drug-likeness (QED) is 0.556. The molecule has 2 unspecified atom stereocenters. The Kier molecular flexibility index (Phi) is 3.83. The van der Waals surface area contributed by atoms with Crippen LogP contribution in [0.2, 0.25) is 0 Å². The van der Waals surface area contributed by atoms with E-state index < -0.39 is 0 Å². The number of hydrogen-bond acceptors (Lipinski definition) is 4. The minimum Gasteiger partial charge on any atom is -0.464 e. The molecule has 3 heterocycles. The zero-order valence-electron chi connectivity index (χ0n) is 15.8. The number of thiophene rings is 1. The summed E-state index contributed by atoms with van der Waals surface area (Å²) in [4.78, 5) is 1.25. The van der Waals surface area contributed by atoms with Crippen LogP contribution in [0.25, 0.3) is 0 Å². The highest BCUT2D eigenvalue weighted by molar-refractivity contribution is 7.12. The first-order valence-corrected chi connectivity index (χ1v) is 10.2. The molecule has 0 radical (unpaired) electrons. The Morgan fingerprint density at radius 1 is 1.04 bits per heavy atom. The summed E-state index contributed by atoms with van der Waals surface area (Å²) in [6.07, 6.45) is 0.726. The maximum absolute atomic E-state index is 6.52. The van der Waals surface area contributed by atoms with Crippen molar-refractivity contribution in [1.82, 2.24) is 5.01 Å². The minimum absolute atomic E-state index is 0.192. The van der Waals surface area contributed by atoms with Crippen LogP contribution in [0.3, 0.4) is 0 Å². The summed E-state index contributed by atoms with van der Waals surface area (Å²) >= 11 is 1.75. The van der Waals surface area contributed by atoms with E-state index in [2.05, 4.69) is 79.7 Å². The van der Waals surface area contributed by atoms with Gasteiger partial charge in [-0.3, -0.25) is 0 Å². The fraction of sp³-hybridized carbons (Fsp3) is 0.261. The molecule has 2 atom stereocenters. The van der Waals surface area contributed by atoms with Crippen molar-refractivity contribution in [3.8, 4) is 5.75 Å². The standard InChI is InChI=1S/C23H22N2OS/c1-14-11-15(2)22(16(3)12-14)23-25-19(17-7-4-5-8-20(17)26-23)13-18(24-25)21-9-6-10-27-21/h4-12,19,23H,13H2,1-3H3. The molecule has 3 nitrogen and oxygen atoms in total. The molecule has 0 bridgehead atoms. The SMILES string of the molecule is Cc1cc(C)c(C2Oc3ccccc3C3CC(c4cccs4)=NN32)c(C)c1. The molecular formula is C23H22N2OS. The molecule has 0 fully saturated rings.